The molecule has 0 aliphatic carbocycles. The summed E-state index contributed by atoms with van der Waals surface area (Å²) < 4.78 is 0. The van der Waals surface area contributed by atoms with Gasteiger partial charge in [-0.15, -0.1) is 0 Å². The third-order valence-electron chi connectivity index (χ3n) is 5.42. The summed E-state index contributed by atoms with van der Waals surface area (Å²) in [5.41, 5.74) is 3.32. The summed E-state index contributed by atoms with van der Waals surface area (Å²) in [4.78, 5) is 0. The van der Waals surface area contributed by atoms with E-state index in [2.05, 4.69) is 69.3 Å². The Morgan fingerprint density at radius 3 is 2.04 bits per heavy atom. The van der Waals surface area contributed by atoms with Gasteiger partial charge in [0, 0.05) is 0 Å². The Balaban J connectivity index is 2.36. The van der Waals surface area contributed by atoms with Gasteiger partial charge >= 0.3 is 0 Å². The van der Waals surface area contributed by atoms with Crippen molar-refractivity contribution >= 4 is 18.5 Å². The van der Waals surface area contributed by atoms with Crippen LogP contribution in [0.25, 0.3) is 0 Å². The van der Waals surface area contributed by atoms with E-state index in [1.54, 1.807) is 21.7 Å². The first-order valence-electron chi connectivity index (χ1n) is 11.2. The first-order chi connectivity index (χ1) is 13.3. The molecule has 27 heavy (non-hydrogen) atoms. The molecule has 0 N–H and O–H groups in total. The molecule has 2 aromatic rings. The summed E-state index contributed by atoms with van der Waals surface area (Å²) in [6, 6.07) is 18.5. The molecule has 1 heteroatoms. The van der Waals surface area contributed by atoms with Crippen molar-refractivity contribution < 1.29 is 0 Å². The minimum atomic E-state index is -0.236. The average Bonchev–Trinajstić information content (AvgIpc) is 2.71. The van der Waals surface area contributed by atoms with Crippen molar-refractivity contribution in [1.82, 2.24) is 0 Å². The second-order valence-electron chi connectivity index (χ2n) is 7.67. The van der Waals surface area contributed by atoms with E-state index in [9.17, 15) is 0 Å². The van der Waals surface area contributed by atoms with Gasteiger partial charge in [-0.05, 0) is 67.9 Å². The fourth-order valence-electron chi connectivity index (χ4n) is 3.81. The maximum atomic E-state index is 2.46. The van der Waals surface area contributed by atoms with Crippen LogP contribution in [0.15, 0.2) is 48.5 Å². The quantitative estimate of drug-likeness (QED) is 0.250. The Morgan fingerprint density at radius 2 is 1.33 bits per heavy atom. The van der Waals surface area contributed by atoms with E-state index in [1.807, 2.05) is 0 Å². The molecule has 0 amide bonds. The molecule has 0 nitrogen and oxygen atoms in total. The minimum Gasteiger partial charge on any atom is -0.0654 e. The molecule has 0 radical (unpaired) electrons. The molecule has 2 rings (SSSR count). The van der Waals surface area contributed by atoms with E-state index < -0.39 is 0 Å². The molecule has 0 spiro atoms. The predicted octanol–water partition coefficient (Wildman–Crippen LogP) is 7.38. The Kier molecular flexibility index (Phi) is 10.8. The number of hydrogen-bond donors (Lipinski definition) is 0. The van der Waals surface area contributed by atoms with E-state index in [1.165, 1.54) is 70.4 Å². The van der Waals surface area contributed by atoms with E-state index in [0.717, 1.165) is 0 Å². The maximum absolute atomic E-state index is 2.46. The fraction of sp³-hybridized carbons (Fsp3) is 0.538. The van der Waals surface area contributed by atoms with Gasteiger partial charge in [-0.1, -0.05) is 101 Å². The molecule has 0 bridgehead atoms. The van der Waals surface area contributed by atoms with Crippen molar-refractivity contribution in [2.24, 2.45) is 0 Å². The molecule has 0 saturated heterocycles. The summed E-state index contributed by atoms with van der Waals surface area (Å²) in [5.74, 6) is 0. The van der Waals surface area contributed by atoms with Gasteiger partial charge in [-0.25, -0.2) is 0 Å². The number of benzene rings is 2. The minimum absolute atomic E-state index is 0.236. The zero-order valence-corrected chi connectivity index (χ0v) is 18.7. The fourth-order valence-corrected chi connectivity index (χ4v) is 6.51. The lowest BCUT2D eigenvalue weighted by atomic mass is 9.98. The highest BCUT2D eigenvalue weighted by Crippen LogP contribution is 2.37. The van der Waals surface area contributed by atoms with Crippen LogP contribution < -0.4 is 10.6 Å². The van der Waals surface area contributed by atoms with Gasteiger partial charge in [0.25, 0.3) is 0 Å². The molecule has 1 atom stereocenters. The van der Waals surface area contributed by atoms with Crippen LogP contribution in [0.1, 0.15) is 83.3 Å². The Bertz CT molecular complexity index is 632. The van der Waals surface area contributed by atoms with E-state index in [-0.39, 0.29) is 7.92 Å². The van der Waals surface area contributed by atoms with Crippen molar-refractivity contribution in [1.29, 1.82) is 0 Å². The molecule has 2 aromatic carbocycles. The van der Waals surface area contributed by atoms with Gasteiger partial charge in [-0.2, -0.15) is 0 Å². The SMILES string of the molecule is CCCCCCP(c1ccccc1)c1cccc(CCCC)c1CCCC. The normalized spacial score (nSPS) is 12.3. The van der Waals surface area contributed by atoms with Gasteiger partial charge in [0.1, 0.15) is 0 Å². The summed E-state index contributed by atoms with van der Waals surface area (Å²) in [7, 11) is -0.236. The smallest absolute Gasteiger partial charge is 0.0161 e. The van der Waals surface area contributed by atoms with Crippen molar-refractivity contribution in [2.45, 2.75) is 85.0 Å². The molecule has 0 aliphatic heterocycles. The van der Waals surface area contributed by atoms with Crippen LogP contribution in [0.4, 0.5) is 0 Å². The lowest BCUT2D eigenvalue weighted by Gasteiger charge is -2.24. The van der Waals surface area contributed by atoms with E-state index in [4.69, 9.17) is 0 Å². The van der Waals surface area contributed by atoms with Gasteiger partial charge < -0.3 is 0 Å². The molecule has 0 aromatic heterocycles. The second kappa shape index (κ2) is 13.1. The molecular formula is C26H39P. The predicted molar refractivity (Wildman–Crippen MR) is 125 cm³/mol. The van der Waals surface area contributed by atoms with Gasteiger partial charge in [0.05, 0.1) is 0 Å². The topological polar surface area (TPSA) is 0 Å². The third-order valence-corrected chi connectivity index (χ3v) is 8.11. The van der Waals surface area contributed by atoms with Gasteiger partial charge in [0.15, 0.2) is 0 Å². The third kappa shape index (κ3) is 7.08. The summed E-state index contributed by atoms with van der Waals surface area (Å²) in [6.45, 7) is 6.93. The maximum Gasteiger partial charge on any atom is -0.0161 e. The first-order valence-corrected chi connectivity index (χ1v) is 12.8. The van der Waals surface area contributed by atoms with Crippen LogP contribution >= 0.6 is 7.92 Å². The zero-order chi connectivity index (χ0) is 19.3. The van der Waals surface area contributed by atoms with Crippen LogP contribution in [-0.2, 0) is 12.8 Å². The van der Waals surface area contributed by atoms with Crippen LogP contribution in [-0.4, -0.2) is 6.16 Å². The lowest BCUT2D eigenvalue weighted by Crippen LogP contribution is -2.20. The standard InChI is InChI=1S/C26H39P/c1-4-7-10-14-22-27(24-18-12-11-13-19-24)26-21-15-17-23(16-8-5-2)25(26)20-9-6-3/h11-13,15,17-19,21H,4-10,14,16,20,22H2,1-3H3. The van der Waals surface area contributed by atoms with Gasteiger partial charge in [-0.3, -0.25) is 0 Å². The molecule has 0 aliphatic rings. The number of aryl methyl sites for hydroxylation is 1. The van der Waals surface area contributed by atoms with Crippen LogP contribution in [0.3, 0.4) is 0 Å². The monoisotopic (exact) mass is 382 g/mol. The summed E-state index contributed by atoms with van der Waals surface area (Å²) in [6.07, 6.45) is 14.5. The molecule has 1 unspecified atom stereocenters. The number of unbranched alkanes of at least 4 members (excludes halogenated alkanes) is 5. The van der Waals surface area contributed by atoms with E-state index >= 15 is 0 Å². The van der Waals surface area contributed by atoms with Crippen LogP contribution in [0.5, 0.6) is 0 Å². The molecule has 0 heterocycles. The van der Waals surface area contributed by atoms with Crippen LogP contribution in [0, 0.1) is 0 Å². The van der Waals surface area contributed by atoms with E-state index in [0.29, 0.717) is 0 Å². The summed E-state index contributed by atoms with van der Waals surface area (Å²) in [5, 5.41) is 3.24. The first kappa shape index (κ1) is 22.2. The summed E-state index contributed by atoms with van der Waals surface area (Å²) >= 11 is 0. The molecule has 0 fully saturated rings. The molecule has 148 valence electrons. The Labute approximate surface area is 169 Å². The van der Waals surface area contributed by atoms with Crippen molar-refractivity contribution in [2.75, 3.05) is 6.16 Å². The molecule has 0 saturated carbocycles. The average molecular weight is 383 g/mol. The van der Waals surface area contributed by atoms with Crippen molar-refractivity contribution in [3.05, 3.63) is 59.7 Å². The van der Waals surface area contributed by atoms with Gasteiger partial charge in [0.2, 0.25) is 0 Å². The highest BCUT2D eigenvalue weighted by atomic mass is 31.1. The van der Waals surface area contributed by atoms with Crippen molar-refractivity contribution in [3.8, 4) is 0 Å². The molecular weight excluding hydrogens is 343 g/mol. The highest BCUT2D eigenvalue weighted by Gasteiger charge is 2.18. The van der Waals surface area contributed by atoms with Crippen LogP contribution in [0.2, 0.25) is 0 Å². The highest BCUT2D eigenvalue weighted by molar-refractivity contribution is 7.73. The zero-order valence-electron chi connectivity index (χ0n) is 17.8. The lowest BCUT2D eigenvalue weighted by molar-refractivity contribution is 0.705. The Hall–Kier alpha value is -1.13. The Morgan fingerprint density at radius 1 is 0.630 bits per heavy atom. The largest absolute Gasteiger partial charge is 0.0654 e. The number of rotatable bonds is 13. The second-order valence-corrected chi connectivity index (χ2v) is 9.97. The van der Waals surface area contributed by atoms with Crippen molar-refractivity contribution in [3.63, 3.8) is 0 Å². The number of hydrogen-bond acceptors (Lipinski definition) is 0.